The summed E-state index contributed by atoms with van der Waals surface area (Å²) in [4.78, 5) is 14.1. The molecule has 1 aromatic carbocycles. The topological polar surface area (TPSA) is 17.1 Å². The van der Waals surface area contributed by atoms with Crippen LogP contribution in [-0.2, 0) is 11.2 Å². The average molecular weight is 451 g/mol. The van der Waals surface area contributed by atoms with Crippen LogP contribution in [0.15, 0.2) is 34.9 Å². The van der Waals surface area contributed by atoms with E-state index >= 15 is 0 Å². The van der Waals surface area contributed by atoms with Gasteiger partial charge in [0.1, 0.15) is 0 Å². The van der Waals surface area contributed by atoms with E-state index in [9.17, 15) is 4.79 Å². The fourth-order valence-electron chi connectivity index (χ4n) is 5.25. The smallest absolute Gasteiger partial charge is 0.167 e. The van der Waals surface area contributed by atoms with E-state index in [-0.39, 0.29) is 0 Å². The summed E-state index contributed by atoms with van der Waals surface area (Å²) in [5.74, 6) is 3.48. The quantitative estimate of drug-likeness (QED) is 0.366. The van der Waals surface area contributed by atoms with Gasteiger partial charge >= 0.3 is 0 Å². The zero-order valence-electron chi connectivity index (χ0n) is 23.6. The van der Waals surface area contributed by atoms with Crippen LogP contribution in [-0.4, -0.2) is 5.78 Å². The Kier molecular flexibility index (Phi) is 9.37. The second kappa shape index (κ2) is 11.2. The minimum absolute atomic E-state index is 0.321. The predicted octanol–water partition coefficient (Wildman–Crippen LogP) is 9.38. The molecule has 0 fully saturated rings. The Balaban J connectivity index is 2.66. The summed E-state index contributed by atoms with van der Waals surface area (Å²) >= 11 is 0. The molecule has 0 radical (unpaired) electrons. The van der Waals surface area contributed by atoms with Crippen molar-refractivity contribution in [2.45, 2.75) is 114 Å². The molecule has 1 aliphatic carbocycles. The van der Waals surface area contributed by atoms with E-state index in [2.05, 4.69) is 101 Å². The van der Waals surface area contributed by atoms with Gasteiger partial charge in [-0.05, 0) is 75.7 Å². The molecule has 33 heavy (non-hydrogen) atoms. The molecule has 184 valence electrons. The Morgan fingerprint density at radius 1 is 0.758 bits per heavy atom. The summed E-state index contributed by atoms with van der Waals surface area (Å²) in [6.07, 6.45) is 3.97. The van der Waals surface area contributed by atoms with E-state index in [1.54, 1.807) is 0 Å². The van der Waals surface area contributed by atoms with Gasteiger partial charge in [0.15, 0.2) is 5.78 Å². The highest BCUT2D eigenvalue weighted by molar-refractivity contribution is 6.02. The molecule has 0 saturated carbocycles. The molecule has 0 amide bonds. The third-order valence-electron chi connectivity index (χ3n) is 7.50. The number of ketones is 1. The van der Waals surface area contributed by atoms with Gasteiger partial charge in [-0.15, -0.1) is 0 Å². The first-order chi connectivity index (χ1) is 15.3. The summed E-state index contributed by atoms with van der Waals surface area (Å²) in [5, 5.41) is 0. The minimum Gasteiger partial charge on any atom is -0.294 e. The monoisotopic (exact) mass is 450 g/mol. The normalized spacial score (nSPS) is 17.4. The molecule has 0 heterocycles. The molecule has 0 bridgehead atoms. The van der Waals surface area contributed by atoms with E-state index in [1.807, 2.05) is 0 Å². The number of hydrogen-bond donors (Lipinski definition) is 0. The second-order valence-electron chi connectivity index (χ2n) is 12.2. The van der Waals surface area contributed by atoms with E-state index < -0.39 is 0 Å². The molecule has 1 atom stereocenters. The van der Waals surface area contributed by atoms with Gasteiger partial charge in [0.2, 0.25) is 0 Å². The number of benzene rings is 1. The molecule has 0 saturated heterocycles. The Morgan fingerprint density at radius 3 is 1.64 bits per heavy atom. The highest BCUT2D eigenvalue weighted by Gasteiger charge is 2.31. The van der Waals surface area contributed by atoms with Crippen LogP contribution in [0.4, 0.5) is 0 Å². The zero-order chi connectivity index (χ0) is 25.2. The third-order valence-corrected chi connectivity index (χ3v) is 7.50. The van der Waals surface area contributed by atoms with Crippen molar-refractivity contribution in [3.63, 3.8) is 0 Å². The van der Waals surface area contributed by atoms with Crippen molar-refractivity contribution in [3.8, 4) is 0 Å². The van der Waals surface area contributed by atoms with Crippen LogP contribution in [0.2, 0.25) is 0 Å². The lowest BCUT2D eigenvalue weighted by Crippen LogP contribution is -2.24. The van der Waals surface area contributed by atoms with Crippen molar-refractivity contribution in [2.75, 3.05) is 0 Å². The van der Waals surface area contributed by atoms with Gasteiger partial charge in [-0.1, -0.05) is 107 Å². The largest absolute Gasteiger partial charge is 0.294 e. The molecule has 1 aromatic rings. The maximum atomic E-state index is 14.1. The number of carbonyl (C=O) groups is 1. The van der Waals surface area contributed by atoms with Gasteiger partial charge in [0.25, 0.3) is 0 Å². The van der Waals surface area contributed by atoms with Crippen molar-refractivity contribution in [1.29, 1.82) is 0 Å². The maximum absolute atomic E-state index is 14.1. The molecular formula is C32H50O. The van der Waals surface area contributed by atoms with Crippen LogP contribution in [0.25, 0.3) is 0 Å². The van der Waals surface area contributed by atoms with E-state index in [0.717, 1.165) is 12.0 Å². The summed E-state index contributed by atoms with van der Waals surface area (Å²) in [7, 11) is 0. The molecule has 0 N–H and O–H groups in total. The Hall–Kier alpha value is -1.63. The van der Waals surface area contributed by atoms with Crippen molar-refractivity contribution >= 4 is 5.78 Å². The van der Waals surface area contributed by atoms with Gasteiger partial charge in [-0.2, -0.15) is 0 Å². The number of hydrogen-bond acceptors (Lipinski definition) is 1. The maximum Gasteiger partial charge on any atom is 0.167 e. The highest BCUT2D eigenvalue weighted by Crippen LogP contribution is 2.41. The first-order valence-electron chi connectivity index (χ1n) is 13.4. The van der Waals surface area contributed by atoms with E-state index in [0.29, 0.717) is 53.6 Å². The summed E-state index contributed by atoms with van der Waals surface area (Å²) < 4.78 is 0. The number of rotatable bonds is 9. The van der Waals surface area contributed by atoms with Crippen molar-refractivity contribution in [1.82, 2.24) is 0 Å². The van der Waals surface area contributed by atoms with Gasteiger partial charge in [0.05, 0.1) is 0 Å². The van der Waals surface area contributed by atoms with Crippen LogP contribution in [0, 0.1) is 23.7 Å². The SMILES string of the molecule is CC(C)C1=CC(C(C)C)CC(C(C)C)=C1C(=O)Cc1c(C(C)C)cc(C(C)C)cc1C(C)C. The first kappa shape index (κ1) is 27.6. The lowest BCUT2D eigenvalue weighted by Gasteiger charge is -2.32. The molecule has 0 aliphatic heterocycles. The molecule has 1 unspecified atom stereocenters. The standard InChI is InChI=1S/C32H50O/c1-18(2)24-13-26(20(5)6)30(27(14-24)21(7)8)17-31(33)32-28(22(9)10)15-25(19(3)4)16-29(32)23(11)12/h13-15,18-23,25H,16-17H2,1-12H3. The highest BCUT2D eigenvalue weighted by atomic mass is 16.1. The minimum atomic E-state index is 0.321. The Bertz CT molecular complexity index is 873. The van der Waals surface area contributed by atoms with Gasteiger partial charge in [-0.3, -0.25) is 4.79 Å². The Morgan fingerprint density at radius 2 is 1.27 bits per heavy atom. The fraction of sp³-hybridized carbons (Fsp3) is 0.656. The van der Waals surface area contributed by atoms with Crippen LogP contribution in [0.3, 0.4) is 0 Å². The molecule has 1 heteroatoms. The van der Waals surface area contributed by atoms with Crippen molar-refractivity contribution in [3.05, 3.63) is 57.2 Å². The molecular weight excluding hydrogens is 400 g/mol. The van der Waals surface area contributed by atoms with Crippen LogP contribution in [0.5, 0.6) is 0 Å². The van der Waals surface area contributed by atoms with Crippen LogP contribution in [0.1, 0.15) is 130 Å². The summed E-state index contributed by atoms with van der Waals surface area (Å²) in [5.41, 5.74) is 9.09. The fourth-order valence-corrected chi connectivity index (χ4v) is 5.25. The predicted molar refractivity (Wildman–Crippen MR) is 145 cm³/mol. The van der Waals surface area contributed by atoms with Gasteiger partial charge in [0, 0.05) is 12.0 Å². The number of carbonyl (C=O) groups excluding carboxylic acids is 1. The molecule has 0 spiro atoms. The molecule has 1 nitrogen and oxygen atoms in total. The van der Waals surface area contributed by atoms with Crippen LogP contribution < -0.4 is 0 Å². The van der Waals surface area contributed by atoms with Crippen molar-refractivity contribution < 1.29 is 4.79 Å². The zero-order valence-corrected chi connectivity index (χ0v) is 23.6. The average Bonchev–Trinajstić information content (AvgIpc) is 2.71. The molecule has 1 aliphatic rings. The lowest BCUT2D eigenvalue weighted by molar-refractivity contribution is -0.115. The van der Waals surface area contributed by atoms with E-state index in [4.69, 9.17) is 0 Å². The second-order valence-corrected chi connectivity index (χ2v) is 12.2. The Labute approximate surface area is 205 Å². The number of allylic oxidation sites excluding steroid dienone is 4. The van der Waals surface area contributed by atoms with Gasteiger partial charge in [-0.25, -0.2) is 0 Å². The molecule has 0 aromatic heterocycles. The summed E-state index contributed by atoms with van der Waals surface area (Å²) in [6.45, 7) is 27.2. The molecule has 2 rings (SSSR count). The lowest BCUT2D eigenvalue weighted by atomic mass is 9.71. The van der Waals surface area contributed by atoms with Gasteiger partial charge < -0.3 is 0 Å². The number of Topliss-reactive ketones (excluding diaryl/α,β-unsaturated/α-hetero) is 1. The first-order valence-corrected chi connectivity index (χ1v) is 13.4. The van der Waals surface area contributed by atoms with Crippen LogP contribution >= 0.6 is 0 Å². The third kappa shape index (κ3) is 6.28. The van der Waals surface area contributed by atoms with Crippen molar-refractivity contribution in [2.24, 2.45) is 23.7 Å². The summed E-state index contributed by atoms with van der Waals surface area (Å²) in [6, 6.07) is 4.74. The van der Waals surface area contributed by atoms with E-state index in [1.165, 1.54) is 33.4 Å².